The minimum atomic E-state index is -0.480. The summed E-state index contributed by atoms with van der Waals surface area (Å²) >= 11 is 0. The van der Waals surface area contributed by atoms with E-state index in [0.29, 0.717) is 13.0 Å². The number of amides is 2. The lowest BCUT2D eigenvalue weighted by molar-refractivity contribution is -0.129. The summed E-state index contributed by atoms with van der Waals surface area (Å²) in [6, 6.07) is -0.527. The van der Waals surface area contributed by atoms with Gasteiger partial charge in [-0.25, -0.2) is 0 Å². The van der Waals surface area contributed by atoms with Crippen molar-refractivity contribution >= 4 is 11.8 Å². The van der Waals surface area contributed by atoms with Crippen LogP contribution in [0.2, 0.25) is 0 Å². The first kappa shape index (κ1) is 14.0. The second kappa shape index (κ2) is 6.00. The Balaban J connectivity index is 2.36. The third kappa shape index (κ3) is 4.00. The van der Waals surface area contributed by atoms with Gasteiger partial charge in [-0.2, -0.15) is 0 Å². The van der Waals surface area contributed by atoms with E-state index in [9.17, 15) is 9.59 Å². The van der Waals surface area contributed by atoms with Crippen LogP contribution in [0.5, 0.6) is 0 Å². The van der Waals surface area contributed by atoms with Crippen LogP contribution in [0.1, 0.15) is 33.6 Å². The zero-order valence-electron chi connectivity index (χ0n) is 10.9. The number of nitrogens with two attached hydrogens (primary N) is 1. The fraction of sp³-hybridized carbons (Fsp3) is 0.833. The van der Waals surface area contributed by atoms with E-state index in [1.165, 1.54) is 0 Å². The monoisotopic (exact) mass is 241 g/mol. The minimum Gasteiger partial charge on any atom is -0.351 e. The molecular formula is C12H23N3O2. The van der Waals surface area contributed by atoms with Gasteiger partial charge in [-0.15, -0.1) is 0 Å². The van der Waals surface area contributed by atoms with Crippen molar-refractivity contribution in [2.45, 2.75) is 45.7 Å². The van der Waals surface area contributed by atoms with Crippen LogP contribution in [0.15, 0.2) is 0 Å². The molecule has 0 spiro atoms. The summed E-state index contributed by atoms with van der Waals surface area (Å²) in [5.74, 6) is 0.161. The average Bonchev–Trinajstić information content (AvgIpc) is 2.62. The third-order valence-electron chi connectivity index (χ3n) is 3.08. The maximum Gasteiger partial charge on any atom is 0.237 e. The summed E-state index contributed by atoms with van der Waals surface area (Å²) in [5, 5.41) is 2.85. The van der Waals surface area contributed by atoms with Gasteiger partial charge in [-0.05, 0) is 19.3 Å². The van der Waals surface area contributed by atoms with E-state index in [1.807, 2.05) is 20.8 Å². The van der Waals surface area contributed by atoms with Gasteiger partial charge in [0, 0.05) is 25.6 Å². The fourth-order valence-electron chi connectivity index (χ4n) is 1.92. The molecule has 1 aliphatic heterocycles. The lowest BCUT2D eigenvalue weighted by Crippen LogP contribution is -2.50. The van der Waals surface area contributed by atoms with Gasteiger partial charge in [0.25, 0.3) is 0 Å². The van der Waals surface area contributed by atoms with Gasteiger partial charge in [0.1, 0.15) is 0 Å². The summed E-state index contributed by atoms with van der Waals surface area (Å²) in [7, 11) is 0. The first-order chi connectivity index (χ1) is 7.91. The van der Waals surface area contributed by atoms with Gasteiger partial charge in [-0.3, -0.25) is 9.59 Å². The molecule has 0 aromatic rings. The predicted molar refractivity (Wildman–Crippen MR) is 66.2 cm³/mol. The SMILES string of the molecule is CC(CN1CCCC1=O)NC(=O)[C@H](N)C(C)C. The predicted octanol–water partition coefficient (Wildman–Crippen LogP) is 0.0968. The standard InChI is InChI=1S/C12H23N3O2/c1-8(2)11(13)12(17)14-9(3)7-15-6-4-5-10(15)16/h8-9,11H,4-7,13H2,1-3H3,(H,14,17)/t9?,11-/m1/s1. The number of nitrogens with one attached hydrogen (secondary N) is 1. The summed E-state index contributed by atoms with van der Waals surface area (Å²) in [6.07, 6.45) is 1.55. The van der Waals surface area contributed by atoms with E-state index in [1.54, 1.807) is 4.90 Å². The molecule has 0 bridgehead atoms. The van der Waals surface area contributed by atoms with Crippen LogP contribution in [0.3, 0.4) is 0 Å². The van der Waals surface area contributed by atoms with E-state index >= 15 is 0 Å². The highest BCUT2D eigenvalue weighted by Gasteiger charge is 2.24. The number of rotatable bonds is 5. The Bertz CT molecular complexity index is 291. The molecule has 1 heterocycles. The summed E-state index contributed by atoms with van der Waals surface area (Å²) < 4.78 is 0. The number of carbonyl (C=O) groups excluding carboxylic acids is 2. The van der Waals surface area contributed by atoms with Gasteiger partial charge in [0.2, 0.25) is 11.8 Å². The van der Waals surface area contributed by atoms with Crippen LogP contribution in [-0.4, -0.2) is 41.9 Å². The molecule has 2 amide bonds. The van der Waals surface area contributed by atoms with Crippen molar-refractivity contribution in [2.24, 2.45) is 11.7 Å². The first-order valence-electron chi connectivity index (χ1n) is 6.25. The molecule has 2 atom stereocenters. The molecule has 0 aromatic carbocycles. The quantitative estimate of drug-likeness (QED) is 0.716. The lowest BCUT2D eigenvalue weighted by Gasteiger charge is -2.24. The Hall–Kier alpha value is -1.10. The van der Waals surface area contributed by atoms with Crippen LogP contribution in [-0.2, 0) is 9.59 Å². The molecular weight excluding hydrogens is 218 g/mol. The Kier molecular flexibility index (Phi) is 4.93. The molecule has 0 aliphatic carbocycles. The molecule has 1 rings (SSSR count). The van der Waals surface area contributed by atoms with Crippen molar-refractivity contribution < 1.29 is 9.59 Å². The second-order valence-electron chi connectivity index (χ2n) is 5.12. The van der Waals surface area contributed by atoms with Gasteiger partial charge in [0.15, 0.2) is 0 Å². The van der Waals surface area contributed by atoms with Crippen LogP contribution in [0.25, 0.3) is 0 Å². The van der Waals surface area contributed by atoms with Crippen LogP contribution < -0.4 is 11.1 Å². The Morgan fingerprint density at radius 1 is 1.47 bits per heavy atom. The number of hydrogen-bond donors (Lipinski definition) is 2. The Morgan fingerprint density at radius 3 is 2.59 bits per heavy atom. The zero-order valence-corrected chi connectivity index (χ0v) is 10.9. The lowest BCUT2D eigenvalue weighted by atomic mass is 10.0. The topological polar surface area (TPSA) is 75.4 Å². The van der Waals surface area contributed by atoms with Crippen molar-refractivity contribution in [3.8, 4) is 0 Å². The minimum absolute atomic E-state index is 0.0469. The van der Waals surface area contributed by atoms with Gasteiger partial charge < -0.3 is 16.0 Å². The molecule has 0 aromatic heterocycles. The molecule has 1 unspecified atom stereocenters. The average molecular weight is 241 g/mol. The van der Waals surface area contributed by atoms with Crippen LogP contribution in [0.4, 0.5) is 0 Å². The molecule has 5 nitrogen and oxygen atoms in total. The van der Waals surface area contributed by atoms with Crippen LogP contribution in [0, 0.1) is 5.92 Å². The molecule has 0 saturated carbocycles. The van der Waals surface area contributed by atoms with Crippen LogP contribution >= 0.6 is 0 Å². The molecule has 3 N–H and O–H groups in total. The van der Waals surface area contributed by atoms with E-state index in [4.69, 9.17) is 5.73 Å². The smallest absolute Gasteiger partial charge is 0.237 e. The van der Waals surface area contributed by atoms with E-state index < -0.39 is 6.04 Å². The number of carbonyl (C=O) groups is 2. The third-order valence-corrected chi connectivity index (χ3v) is 3.08. The van der Waals surface area contributed by atoms with Crippen molar-refractivity contribution in [3.05, 3.63) is 0 Å². The van der Waals surface area contributed by atoms with E-state index in [2.05, 4.69) is 5.32 Å². The fourth-order valence-corrected chi connectivity index (χ4v) is 1.92. The maximum absolute atomic E-state index is 11.7. The molecule has 17 heavy (non-hydrogen) atoms. The van der Waals surface area contributed by atoms with Crippen molar-refractivity contribution in [1.29, 1.82) is 0 Å². The maximum atomic E-state index is 11.7. The summed E-state index contributed by atoms with van der Waals surface area (Å²) in [5.41, 5.74) is 5.75. The van der Waals surface area contributed by atoms with Gasteiger partial charge >= 0.3 is 0 Å². The molecule has 1 fully saturated rings. The largest absolute Gasteiger partial charge is 0.351 e. The van der Waals surface area contributed by atoms with Crippen molar-refractivity contribution in [3.63, 3.8) is 0 Å². The molecule has 1 saturated heterocycles. The molecule has 0 radical (unpaired) electrons. The molecule has 5 heteroatoms. The Morgan fingerprint density at radius 2 is 2.12 bits per heavy atom. The zero-order chi connectivity index (χ0) is 13.0. The molecule has 1 aliphatic rings. The van der Waals surface area contributed by atoms with E-state index in [0.717, 1.165) is 13.0 Å². The molecule has 98 valence electrons. The highest BCUT2D eigenvalue weighted by Crippen LogP contribution is 2.09. The Labute approximate surface area is 103 Å². The summed E-state index contributed by atoms with van der Waals surface area (Å²) in [4.78, 5) is 24.9. The highest BCUT2D eigenvalue weighted by molar-refractivity contribution is 5.82. The van der Waals surface area contributed by atoms with Crippen molar-refractivity contribution in [2.75, 3.05) is 13.1 Å². The van der Waals surface area contributed by atoms with E-state index in [-0.39, 0.29) is 23.8 Å². The van der Waals surface area contributed by atoms with Gasteiger partial charge in [0.05, 0.1) is 6.04 Å². The summed E-state index contributed by atoms with van der Waals surface area (Å²) in [6.45, 7) is 7.11. The number of likely N-dealkylation sites (tertiary alicyclic amines) is 1. The van der Waals surface area contributed by atoms with Gasteiger partial charge in [-0.1, -0.05) is 13.8 Å². The number of nitrogens with zero attached hydrogens (tertiary/aromatic N) is 1. The number of hydrogen-bond acceptors (Lipinski definition) is 3. The van der Waals surface area contributed by atoms with Crippen molar-refractivity contribution in [1.82, 2.24) is 10.2 Å². The highest BCUT2D eigenvalue weighted by atomic mass is 16.2. The first-order valence-corrected chi connectivity index (χ1v) is 6.25. The normalized spacial score (nSPS) is 19.6. The second-order valence-corrected chi connectivity index (χ2v) is 5.12.